The molecule has 1 rings (SSSR count). The highest BCUT2D eigenvalue weighted by molar-refractivity contribution is 6.30. The molecule has 2 nitrogen and oxygen atoms in total. The zero-order valence-electron chi connectivity index (χ0n) is 8.10. The maximum Gasteiger partial charge on any atom is 0.251 e. The first-order valence-corrected chi connectivity index (χ1v) is 5.20. The minimum absolute atomic E-state index is 0.120. The molecule has 0 spiro atoms. The van der Waals surface area contributed by atoms with Crippen LogP contribution in [0.2, 0.25) is 0 Å². The molecule has 0 aromatic heterocycles. The van der Waals surface area contributed by atoms with E-state index in [0.29, 0.717) is 6.42 Å². The van der Waals surface area contributed by atoms with Crippen LogP contribution in [-0.4, -0.2) is 35.2 Å². The predicted molar refractivity (Wildman–Crippen MR) is 50.7 cm³/mol. The summed E-state index contributed by atoms with van der Waals surface area (Å²) in [4.78, 5) is 12.9. The van der Waals surface area contributed by atoms with Crippen molar-refractivity contribution in [2.45, 2.75) is 37.5 Å². The molecule has 1 aliphatic rings. The van der Waals surface area contributed by atoms with E-state index in [4.69, 9.17) is 11.6 Å². The Morgan fingerprint density at radius 1 is 1.50 bits per heavy atom. The van der Waals surface area contributed by atoms with Crippen molar-refractivity contribution in [2.24, 2.45) is 0 Å². The van der Waals surface area contributed by atoms with Gasteiger partial charge in [-0.15, -0.1) is 11.6 Å². The van der Waals surface area contributed by atoms with Gasteiger partial charge in [0.1, 0.15) is 5.38 Å². The molecule has 0 aromatic carbocycles. The van der Waals surface area contributed by atoms with Gasteiger partial charge >= 0.3 is 0 Å². The van der Waals surface area contributed by atoms with Crippen molar-refractivity contribution >= 4 is 17.5 Å². The van der Waals surface area contributed by atoms with Crippen molar-refractivity contribution in [1.82, 2.24) is 4.90 Å². The van der Waals surface area contributed by atoms with Gasteiger partial charge in [-0.3, -0.25) is 4.79 Å². The van der Waals surface area contributed by atoms with Gasteiger partial charge in [-0.1, -0.05) is 6.92 Å². The van der Waals surface area contributed by atoms with Crippen LogP contribution in [0.15, 0.2) is 0 Å². The van der Waals surface area contributed by atoms with Crippen LogP contribution in [0, 0.1) is 0 Å². The van der Waals surface area contributed by atoms with Crippen molar-refractivity contribution in [3.8, 4) is 0 Å². The lowest BCUT2D eigenvalue weighted by molar-refractivity contribution is -0.136. The van der Waals surface area contributed by atoms with Crippen molar-refractivity contribution in [1.29, 1.82) is 0 Å². The van der Waals surface area contributed by atoms with E-state index in [9.17, 15) is 13.6 Å². The molecule has 82 valence electrons. The normalized spacial score (nSPS) is 23.3. The molecular weight excluding hydrogens is 212 g/mol. The Kier molecular flexibility index (Phi) is 3.70. The summed E-state index contributed by atoms with van der Waals surface area (Å²) >= 11 is 5.74. The van der Waals surface area contributed by atoms with E-state index >= 15 is 0 Å². The molecule has 1 saturated heterocycles. The molecule has 1 atom stereocenters. The second-order valence-corrected chi connectivity index (χ2v) is 4.08. The van der Waals surface area contributed by atoms with Gasteiger partial charge in [-0.2, -0.15) is 0 Å². The molecule has 14 heavy (non-hydrogen) atoms. The topological polar surface area (TPSA) is 20.3 Å². The fourth-order valence-electron chi connectivity index (χ4n) is 1.43. The summed E-state index contributed by atoms with van der Waals surface area (Å²) < 4.78 is 25.5. The van der Waals surface area contributed by atoms with Crippen molar-refractivity contribution < 1.29 is 13.6 Å². The third-order valence-electron chi connectivity index (χ3n) is 2.43. The summed E-state index contributed by atoms with van der Waals surface area (Å²) in [6.07, 6.45) is 0.0470. The molecule has 1 heterocycles. The zero-order valence-corrected chi connectivity index (χ0v) is 8.86. The lowest BCUT2D eigenvalue weighted by Crippen LogP contribution is -2.45. The highest BCUT2D eigenvalue weighted by atomic mass is 35.5. The van der Waals surface area contributed by atoms with E-state index < -0.39 is 11.3 Å². The maximum atomic E-state index is 12.8. The molecule has 0 saturated carbocycles. The van der Waals surface area contributed by atoms with Crippen molar-refractivity contribution in [2.75, 3.05) is 13.1 Å². The summed E-state index contributed by atoms with van der Waals surface area (Å²) in [6.45, 7) is 2.04. The number of amides is 1. The Morgan fingerprint density at radius 2 is 2.00 bits per heavy atom. The van der Waals surface area contributed by atoms with Gasteiger partial charge in [0.15, 0.2) is 0 Å². The van der Waals surface area contributed by atoms with Gasteiger partial charge in [-0.25, -0.2) is 8.78 Å². The van der Waals surface area contributed by atoms with Crippen LogP contribution in [-0.2, 0) is 4.79 Å². The van der Waals surface area contributed by atoms with Crippen LogP contribution in [0.5, 0.6) is 0 Å². The van der Waals surface area contributed by atoms with Gasteiger partial charge in [0.2, 0.25) is 5.91 Å². The van der Waals surface area contributed by atoms with E-state index in [2.05, 4.69) is 0 Å². The molecule has 0 aliphatic carbocycles. The Hall–Kier alpha value is -0.380. The standard InChI is InChI=1S/C9H14ClF2NO/c1-2-7(10)8(14)13-5-3-9(11,12)4-6-13/h7H,2-6H2,1H3/t7-/m0/s1. The second-order valence-electron chi connectivity index (χ2n) is 3.56. The van der Waals surface area contributed by atoms with Crippen LogP contribution in [0.4, 0.5) is 8.78 Å². The van der Waals surface area contributed by atoms with E-state index in [1.807, 2.05) is 0 Å². The smallest absolute Gasteiger partial charge is 0.251 e. The Morgan fingerprint density at radius 3 is 2.43 bits per heavy atom. The summed E-state index contributed by atoms with van der Waals surface area (Å²) in [5.74, 6) is -2.82. The van der Waals surface area contributed by atoms with E-state index in [1.54, 1.807) is 6.92 Å². The van der Waals surface area contributed by atoms with Gasteiger partial charge < -0.3 is 4.90 Å². The average molecular weight is 226 g/mol. The van der Waals surface area contributed by atoms with Crippen LogP contribution in [0.3, 0.4) is 0 Å². The van der Waals surface area contributed by atoms with Crippen molar-refractivity contribution in [3.05, 3.63) is 0 Å². The minimum atomic E-state index is -2.61. The van der Waals surface area contributed by atoms with Crippen LogP contribution in [0.25, 0.3) is 0 Å². The Bertz CT molecular complexity index is 213. The number of carbonyl (C=O) groups is 1. The molecule has 1 aliphatic heterocycles. The number of likely N-dealkylation sites (tertiary alicyclic amines) is 1. The summed E-state index contributed by atoms with van der Waals surface area (Å²) in [5, 5.41) is -0.568. The van der Waals surface area contributed by atoms with Crippen molar-refractivity contribution in [3.63, 3.8) is 0 Å². The fourth-order valence-corrected chi connectivity index (χ4v) is 1.56. The number of nitrogens with zero attached hydrogens (tertiary/aromatic N) is 1. The molecule has 5 heteroatoms. The lowest BCUT2D eigenvalue weighted by atomic mass is 10.1. The molecule has 0 bridgehead atoms. The van der Waals surface area contributed by atoms with Crippen LogP contribution >= 0.6 is 11.6 Å². The number of hydrogen-bond acceptors (Lipinski definition) is 1. The third-order valence-corrected chi connectivity index (χ3v) is 2.93. The number of hydrogen-bond donors (Lipinski definition) is 0. The van der Waals surface area contributed by atoms with E-state index in [1.165, 1.54) is 4.90 Å². The molecule has 1 amide bonds. The maximum absolute atomic E-state index is 12.8. The quantitative estimate of drug-likeness (QED) is 0.661. The highest BCUT2D eigenvalue weighted by Gasteiger charge is 2.36. The Balaban J connectivity index is 2.46. The molecule has 0 unspecified atom stereocenters. The first-order valence-electron chi connectivity index (χ1n) is 4.77. The molecular formula is C9H14ClF2NO. The van der Waals surface area contributed by atoms with Crippen LogP contribution in [0.1, 0.15) is 26.2 Å². The summed E-state index contributed by atoms with van der Waals surface area (Å²) in [6, 6.07) is 0. The minimum Gasteiger partial charge on any atom is -0.341 e. The first-order chi connectivity index (χ1) is 6.46. The van der Waals surface area contributed by atoms with E-state index in [-0.39, 0.29) is 31.8 Å². The van der Waals surface area contributed by atoms with Gasteiger partial charge in [0.25, 0.3) is 5.92 Å². The summed E-state index contributed by atoms with van der Waals surface area (Å²) in [5.41, 5.74) is 0. The second kappa shape index (κ2) is 4.43. The third kappa shape index (κ3) is 2.80. The fraction of sp³-hybridized carbons (Fsp3) is 0.889. The van der Waals surface area contributed by atoms with Gasteiger partial charge in [-0.05, 0) is 6.42 Å². The number of halogens is 3. The van der Waals surface area contributed by atoms with Crippen LogP contribution < -0.4 is 0 Å². The van der Waals surface area contributed by atoms with Gasteiger partial charge in [0, 0.05) is 25.9 Å². The SMILES string of the molecule is CC[C@H](Cl)C(=O)N1CCC(F)(F)CC1. The first kappa shape index (κ1) is 11.7. The summed E-state index contributed by atoms with van der Waals surface area (Å²) in [7, 11) is 0. The van der Waals surface area contributed by atoms with Gasteiger partial charge in [0.05, 0.1) is 0 Å². The zero-order chi connectivity index (χ0) is 10.8. The monoisotopic (exact) mass is 225 g/mol. The molecule has 1 fully saturated rings. The lowest BCUT2D eigenvalue weighted by Gasteiger charge is -2.32. The van der Waals surface area contributed by atoms with E-state index in [0.717, 1.165) is 0 Å². The average Bonchev–Trinajstić information content (AvgIpc) is 2.15. The number of carbonyl (C=O) groups excluding carboxylic acids is 1. The molecule has 0 radical (unpaired) electrons. The number of piperidine rings is 1. The number of alkyl halides is 3. The predicted octanol–water partition coefficient (Wildman–Crippen LogP) is 2.26. The Labute approximate surface area is 87.2 Å². The number of rotatable bonds is 2. The molecule has 0 N–H and O–H groups in total. The molecule has 0 aromatic rings. The largest absolute Gasteiger partial charge is 0.341 e. The highest BCUT2D eigenvalue weighted by Crippen LogP contribution is 2.28.